The van der Waals surface area contributed by atoms with Crippen molar-refractivity contribution in [1.29, 1.82) is 0 Å². The lowest BCUT2D eigenvalue weighted by Gasteiger charge is -2.24. The molecule has 0 radical (unpaired) electrons. The van der Waals surface area contributed by atoms with Gasteiger partial charge in [-0.25, -0.2) is 9.37 Å². The Labute approximate surface area is 196 Å². The fourth-order valence-electron chi connectivity index (χ4n) is 4.40. The molecule has 3 aromatic carbocycles. The lowest BCUT2D eigenvalue weighted by Crippen LogP contribution is -2.29. The smallest absolute Gasteiger partial charge is 0.266 e. The van der Waals surface area contributed by atoms with E-state index in [2.05, 4.69) is 28.0 Å². The zero-order valence-corrected chi connectivity index (χ0v) is 19.1. The molecule has 0 spiro atoms. The first-order valence-electron chi connectivity index (χ1n) is 11.0. The van der Waals surface area contributed by atoms with Crippen LogP contribution in [0.1, 0.15) is 18.7 Å². The zero-order valence-electron chi connectivity index (χ0n) is 18.3. The summed E-state index contributed by atoms with van der Waals surface area (Å²) in [5, 5.41) is 0.648. The van der Waals surface area contributed by atoms with Gasteiger partial charge in [0.1, 0.15) is 11.6 Å². The Hall–Kier alpha value is -3.38. The van der Waals surface area contributed by atoms with E-state index in [0.717, 1.165) is 18.8 Å². The molecular weight excluding hydrogens is 439 g/mol. The normalized spacial score (nSPS) is 13.6. The van der Waals surface area contributed by atoms with Crippen LogP contribution in [0.2, 0.25) is 5.02 Å². The molecule has 1 fully saturated rings. The van der Waals surface area contributed by atoms with Crippen molar-refractivity contribution in [3.8, 4) is 5.69 Å². The Morgan fingerprint density at radius 3 is 2.61 bits per heavy atom. The Balaban J connectivity index is 1.60. The number of anilines is 2. The van der Waals surface area contributed by atoms with E-state index in [4.69, 9.17) is 16.6 Å². The predicted octanol–water partition coefficient (Wildman–Crippen LogP) is 5.41. The minimum absolute atomic E-state index is 0.220. The molecule has 7 heteroatoms. The average molecular weight is 463 g/mol. The molecule has 4 aromatic rings. The highest BCUT2D eigenvalue weighted by Gasteiger charge is 2.18. The van der Waals surface area contributed by atoms with Crippen molar-refractivity contribution >= 4 is 33.9 Å². The molecule has 0 atom stereocenters. The first-order valence-corrected chi connectivity index (χ1v) is 11.4. The molecule has 1 saturated heterocycles. The second-order valence-corrected chi connectivity index (χ2v) is 8.76. The lowest BCUT2D eigenvalue weighted by atomic mass is 10.2. The van der Waals surface area contributed by atoms with E-state index in [1.807, 2.05) is 19.2 Å². The molecule has 1 aliphatic rings. The number of rotatable bonds is 5. The monoisotopic (exact) mass is 462 g/mol. The molecule has 2 heterocycles. The molecule has 0 amide bonds. The van der Waals surface area contributed by atoms with E-state index >= 15 is 0 Å². The first-order chi connectivity index (χ1) is 16.0. The van der Waals surface area contributed by atoms with Crippen LogP contribution in [0, 0.1) is 5.82 Å². The highest BCUT2D eigenvalue weighted by Crippen LogP contribution is 2.27. The second-order valence-electron chi connectivity index (χ2n) is 8.35. The van der Waals surface area contributed by atoms with Gasteiger partial charge in [-0.1, -0.05) is 29.8 Å². The summed E-state index contributed by atoms with van der Waals surface area (Å²) in [5.74, 6) is 0.0528. The van der Waals surface area contributed by atoms with Crippen LogP contribution in [0.4, 0.5) is 15.8 Å². The minimum Gasteiger partial charge on any atom is -0.371 e. The van der Waals surface area contributed by atoms with Gasteiger partial charge in [0.25, 0.3) is 5.56 Å². The summed E-state index contributed by atoms with van der Waals surface area (Å²) in [6, 6.07) is 19.6. The molecule has 1 aromatic heterocycles. The predicted molar refractivity (Wildman–Crippen MR) is 132 cm³/mol. The number of fused-ring (bicyclic) bond motifs is 1. The van der Waals surface area contributed by atoms with Crippen LogP contribution in [-0.2, 0) is 6.54 Å². The van der Waals surface area contributed by atoms with Gasteiger partial charge in [0.15, 0.2) is 0 Å². The molecule has 0 unspecified atom stereocenters. The number of nitrogens with zero attached hydrogens (tertiary/aromatic N) is 4. The molecule has 0 aliphatic carbocycles. The SMILES string of the molecule is CN(Cc1nc2ccc(F)cc2c(=O)n1-c1ccccc1Cl)c1cccc(N2CCCC2)c1. The number of benzene rings is 3. The quantitative estimate of drug-likeness (QED) is 0.397. The first kappa shape index (κ1) is 21.5. The van der Waals surface area contributed by atoms with E-state index < -0.39 is 5.82 Å². The minimum atomic E-state index is -0.476. The maximum absolute atomic E-state index is 13.9. The zero-order chi connectivity index (χ0) is 22.9. The number of halogens is 2. The van der Waals surface area contributed by atoms with Gasteiger partial charge in [-0.05, 0) is 61.4 Å². The topological polar surface area (TPSA) is 41.4 Å². The highest BCUT2D eigenvalue weighted by atomic mass is 35.5. The molecule has 5 rings (SSSR count). The van der Waals surface area contributed by atoms with Crippen LogP contribution in [0.3, 0.4) is 0 Å². The van der Waals surface area contributed by atoms with Crippen molar-refractivity contribution in [2.75, 3.05) is 29.9 Å². The maximum atomic E-state index is 13.9. The number of aromatic nitrogens is 2. The van der Waals surface area contributed by atoms with Gasteiger partial charge in [0.2, 0.25) is 0 Å². The Morgan fingerprint density at radius 1 is 1.03 bits per heavy atom. The highest BCUT2D eigenvalue weighted by molar-refractivity contribution is 6.32. The van der Waals surface area contributed by atoms with Crippen LogP contribution < -0.4 is 15.4 Å². The van der Waals surface area contributed by atoms with E-state index in [0.29, 0.717) is 28.6 Å². The van der Waals surface area contributed by atoms with Crippen LogP contribution in [0.5, 0.6) is 0 Å². The van der Waals surface area contributed by atoms with E-state index in [-0.39, 0.29) is 10.9 Å². The maximum Gasteiger partial charge on any atom is 0.266 e. The Bertz CT molecular complexity index is 1380. The molecule has 5 nitrogen and oxygen atoms in total. The summed E-state index contributed by atoms with van der Waals surface area (Å²) < 4.78 is 15.4. The fourth-order valence-corrected chi connectivity index (χ4v) is 4.62. The summed E-state index contributed by atoms with van der Waals surface area (Å²) in [6.45, 7) is 2.52. The molecule has 168 valence electrons. The van der Waals surface area contributed by atoms with Gasteiger partial charge in [-0.3, -0.25) is 9.36 Å². The van der Waals surface area contributed by atoms with Crippen LogP contribution in [0.25, 0.3) is 16.6 Å². The third-order valence-corrected chi connectivity index (χ3v) is 6.43. The van der Waals surface area contributed by atoms with Crippen molar-refractivity contribution < 1.29 is 4.39 Å². The van der Waals surface area contributed by atoms with Crippen molar-refractivity contribution in [2.24, 2.45) is 0 Å². The lowest BCUT2D eigenvalue weighted by molar-refractivity contribution is 0.629. The van der Waals surface area contributed by atoms with Gasteiger partial charge in [0.05, 0.1) is 28.2 Å². The molecule has 33 heavy (non-hydrogen) atoms. The van der Waals surface area contributed by atoms with Gasteiger partial charge in [-0.2, -0.15) is 0 Å². The summed E-state index contributed by atoms with van der Waals surface area (Å²) in [4.78, 5) is 22.7. The third kappa shape index (κ3) is 4.18. The van der Waals surface area contributed by atoms with Crippen molar-refractivity contribution in [3.63, 3.8) is 0 Å². The van der Waals surface area contributed by atoms with Gasteiger partial charge < -0.3 is 9.80 Å². The number of hydrogen-bond acceptors (Lipinski definition) is 4. The van der Waals surface area contributed by atoms with Gasteiger partial charge in [-0.15, -0.1) is 0 Å². The average Bonchev–Trinajstić information content (AvgIpc) is 3.36. The summed E-state index contributed by atoms with van der Waals surface area (Å²) in [7, 11) is 1.97. The van der Waals surface area contributed by atoms with Crippen LogP contribution in [0.15, 0.2) is 71.5 Å². The van der Waals surface area contributed by atoms with E-state index in [9.17, 15) is 9.18 Å². The number of hydrogen-bond donors (Lipinski definition) is 0. The standard InChI is InChI=1S/C26H24ClFN4O/c1-30(19-7-6-8-20(16-19)31-13-4-5-14-31)17-25-29-23-12-11-18(28)15-21(23)26(33)32(25)24-10-3-2-9-22(24)27/h2-3,6-12,15-16H,4-5,13-14,17H2,1H3. The van der Waals surface area contributed by atoms with Crippen molar-refractivity contribution in [2.45, 2.75) is 19.4 Å². The second kappa shape index (κ2) is 8.87. The molecule has 0 N–H and O–H groups in total. The summed E-state index contributed by atoms with van der Waals surface area (Å²) in [6.07, 6.45) is 2.43. The van der Waals surface area contributed by atoms with Crippen LogP contribution in [-0.4, -0.2) is 29.7 Å². The number of para-hydroxylation sites is 1. The summed E-state index contributed by atoms with van der Waals surface area (Å²) in [5.41, 5.74) is 2.86. The molecule has 1 aliphatic heterocycles. The fraction of sp³-hybridized carbons (Fsp3) is 0.231. The third-order valence-electron chi connectivity index (χ3n) is 6.11. The van der Waals surface area contributed by atoms with Crippen molar-refractivity contribution in [3.05, 3.63) is 93.7 Å². The molecule has 0 bridgehead atoms. The molecule has 0 saturated carbocycles. The Kier molecular flexibility index (Phi) is 5.77. The van der Waals surface area contributed by atoms with Gasteiger partial charge in [0, 0.05) is 31.5 Å². The van der Waals surface area contributed by atoms with E-state index in [1.165, 1.54) is 35.2 Å². The van der Waals surface area contributed by atoms with E-state index in [1.54, 1.807) is 24.3 Å². The van der Waals surface area contributed by atoms with Gasteiger partial charge >= 0.3 is 0 Å². The van der Waals surface area contributed by atoms with Crippen LogP contribution >= 0.6 is 11.6 Å². The Morgan fingerprint density at radius 2 is 1.82 bits per heavy atom. The van der Waals surface area contributed by atoms with Crippen molar-refractivity contribution in [1.82, 2.24) is 9.55 Å². The molecular formula is C26H24ClFN4O. The summed E-state index contributed by atoms with van der Waals surface area (Å²) >= 11 is 6.45. The largest absolute Gasteiger partial charge is 0.371 e.